The topological polar surface area (TPSA) is 76.5 Å². The van der Waals surface area contributed by atoms with Crippen molar-refractivity contribution in [3.63, 3.8) is 0 Å². The first-order chi connectivity index (χ1) is 27.0. The van der Waals surface area contributed by atoms with E-state index in [-0.39, 0.29) is 21.3 Å². The van der Waals surface area contributed by atoms with E-state index in [9.17, 15) is 124 Å². The number of carbonyl (C=O) groups is 2. The Balaban J connectivity index is -0.000000300. The summed E-state index contributed by atoms with van der Waals surface area (Å²) in [5.41, 5.74) is -12.6. The first kappa shape index (κ1) is 69.3. The molecule has 1 N–H and O–H groups in total. The fraction of sp³-hybridized carbons (Fsp3) is 0.867. The third-order valence-corrected chi connectivity index (χ3v) is 7.67. The van der Waals surface area contributed by atoms with Crippen LogP contribution in [0.3, 0.4) is 0 Å². The fourth-order valence-corrected chi connectivity index (χ4v) is 4.39. The van der Waals surface area contributed by atoms with Crippen molar-refractivity contribution in [3.05, 3.63) is 12.7 Å². The Kier molecular flexibility index (Phi) is 28.4. The molecule has 372 valence electrons. The van der Waals surface area contributed by atoms with Gasteiger partial charge < -0.3 is 9.47 Å². The van der Waals surface area contributed by atoms with Gasteiger partial charge in [0.1, 0.15) is 6.61 Å². The number of alkyl halides is 26. The molecular formula is C30H35AlBF26NO4. The van der Waals surface area contributed by atoms with E-state index in [1.807, 2.05) is 0 Å². The maximum absolute atomic E-state index is 13.7. The van der Waals surface area contributed by atoms with Crippen LogP contribution in [-0.2, 0) is 19.1 Å². The second-order valence-corrected chi connectivity index (χ2v) is 12.9. The molecule has 0 aliphatic heterocycles. The predicted octanol–water partition coefficient (Wildman–Crippen LogP) is 12.8. The van der Waals surface area contributed by atoms with Crippen LogP contribution in [0, 0.1) is 33.9 Å². The molecule has 0 aliphatic rings. The van der Waals surface area contributed by atoms with Crippen LogP contribution in [0.4, 0.5) is 114 Å². The minimum absolute atomic E-state index is 0. The molecule has 0 bridgehead atoms. The van der Waals surface area contributed by atoms with Crippen molar-refractivity contribution < 1.29 is 133 Å². The number of hydrogen-bond acceptors (Lipinski definition) is 5. The summed E-state index contributed by atoms with van der Waals surface area (Å²) in [5, 5.41) is 0. The van der Waals surface area contributed by atoms with Crippen molar-refractivity contribution in [2.45, 2.75) is 121 Å². The molecule has 0 heterocycles. The van der Waals surface area contributed by atoms with Gasteiger partial charge in [0.15, 0.2) is 0 Å². The van der Waals surface area contributed by atoms with Crippen LogP contribution >= 0.6 is 0 Å². The van der Waals surface area contributed by atoms with Crippen molar-refractivity contribution >= 4 is 36.4 Å². The Hall–Kier alpha value is -2.74. The van der Waals surface area contributed by atoms with Gasteiger partial charge in [-0.1, -0.05) is 26.5 Å². The molecule has 5 atom stereocenters. The van der Waals surface area contributed by atoms with Crippen molar-refractivity contribution in [1.82, 2.24) is 0 Å². The average Bonchev–Trinajstić information content (AvgIpc) is 3.02. The van der Waals surface area contributed by atoms with Gasteiger partial charge in [-0.05, 0) is 25.2 Å². The van der Waals surface area contributed by atoms with E-state index < -0.39 is 135 Å². The molecule has 4 radical (unpaired) electrons. The van der Waals surface area contributed by atoms with E-state index in [1.54, 1.807) is 16.1 Å². The van der Waals surface area contributed by atoms with Crippen LogP contribution in [0.5, 0.6) is 0 Å². The molecule has 5 nitrogen and oxygen atoms in total. The quantitative estimate of drug-likeness (QED) is 0.0814. The maximum atomic E-state index is 13.7. The van der Waals surface area contributed by atoms with Gasteiger partial charge >= 0.3 is 81.8 Å². The minimum atomic E-state index is -6.84. The van der Waals surface area contributed by atoms with Crippen LogP contribution in [0.25, 0.3) is 0 Å². The molecule has 0 fully saturated rings. The summed E-state index contributed by atoms with van der Waals surface area (Å²) in [6.07, 6.45) is -60.5. The van der Waals surface area contributed by atoms with E-state index in [4.69, 9.17) is 4.35 Å². The number of ether oxygens (including phenoxy) is 2. The summed E-state index contributed by atoms with van der Waals surface area (Å²) in [7, 11) is 0. The zero-order valence-corrected chi connectivity index (χ0v) is 33.4. The second-order valence-electron chi connectivity index (χ2n) is 12.9. The monoisotopic (exact) mass is 1010 g/mol. The molecule has 5 unspecified atom stereocenters. The van der Waals surface area contributed by atoms with E-state index in [0.29, 0.717) is 6.61 Å². The SMILES string of the molecule is C=CCOC(C)=O.CC(=O)OCC(C)CC(CC(CC(F)(C(F)(F)F)C(F)(F)F)C(F)(F)F)C(F)(F)F.CC(CC(CC(F)(C(F)(F)F)C(F)(F)F)C(F)(F)F)C(F)(F)F.[B].[NH]=[Al]. The molecule has 0 rings (SSSR count). The van der Waals surface area contributed by atoms with Gasteiger partial charge in [-0.3, -0.25) is 9.59 Å². The third kappa shape index (κ3) is 24.9. The molecule has 0 spiro atoms. The van der Waals surface area contributed by atoms with Gasteiger partial charge in [0.2, 0.25) is 0 Å². The number of halogens is 26. The molecule has 0 aromatic carbocycles. The summed E-state index contributed by atoms with van der Waals surface area (Å²) < 4.78 is 343. The molecule has 0 amide bonds. The zero-order valence-electron chi connectivity index (χ0n) is 32.2. The van der Waals surface area contributed by atoms with E-state index >= 15 is 0 Å². The van der Waals surface area contributed by atoms with Gasteiger partial charge in [-0.2, -0.15) is 105 Å². The second kappa shape index (κ2) is 25.8. The van der Waals surface area contributed by atoms with E-state index in [2.05, 4.69) is 16.1 Å². The summed E-state index contributed by atoms with van der Waals surface area (Å²) in [6, 6.07) is 0. The molecule has 0 saturated heterocycles. The molecule has 33 heteroatoms. The van der Waals surface area contributed by atoms with Crippen LogP contribution in [0.2, 0.25) is 0 Å². The van der Waals surface area contributed by atoms with Gasteiger partial charge in [0, 0.05) is 35.1 Å². The van der Waals surface area contributed by atoms with Crippen LogP contribution < -0.4 is 0 Å². The summed E-state index contributed by atoms with van der Waals surface area (Å²) in [5.74, 6) is -16.0. The van der Waals surface area contributed by atoms with Crippen LogP contribution in [0.1, 0.15) is 59.8 Å². The Morgan fingerprint density at radius 1 is 0.508 bits per heavy atom. The summed E-state index contributed by atoms with van der Waals surface area (Å²) >= 11 is 1.67. The van der Waals surface area contributed by atoms with E-state index in [1.165, 1.54) is 13.0 Å². The molecule has 0 aromatic rings. The Bertz CT molecular complexity index is 1310. The number of esters is 2. The normalized spacial score (nSPS) is 15.8. The van der Waals surface area contributed by atoms with Crippen molar-refractivity contribution in [3.8, 4) is 0 Å². The Morgan fingerprint density at radius 3 is 1.00 bits per heavy atom. The predicted molar refractivity (Wildman–Crippen MR) is 166 cm³/mol. The van der Waals surface area contributed by atoms with Gasteiger partial charge in [0.05, 0.1) is 30.3 Å². The molecule has 0 saturated carbocycles. The Morgan fingerprint density at radius 2 is 0.794 bits per heavy atom. The number of hydrogen-bond donors (Lipinski definition) is 1. The fourth-order valence-electron chi connectivity index (χ4n) is 4.39. The molecular weight excluding hydrogens is 970 g/mol. The number of rotatable bonds is 14. The van der Waals surface area contributed by atoms with Crippen molar-refractivity contribution in [2.24, 2.45) is 29.6 Å². The molecule has 0 aliphatic carbocycles. The first-order valence-electron chi connectivity index (χ1n) is 16.1. The van der Waals surface area contributed by atoms with Crippen molar-refractivity contribution in [2.75, 3.05) is 13.2 Å². The van der Waals surface area contributed by atoms with Crippen LogP contribution in [0.15, 0.2) is 12.7 Å². The van der Waals surface area contributed by atoms with Crippen LogP contribution in [-0.4, -0.2) is 110 Å². The zero-order chi connectivity index (χ0) is 51.1. The number of carbonyl (C=O) groups excluding carboxylic acids is 2. The summed E-state index contributed by atoms with van der Waals surface area (Å²) in [6.45, 7) is 6.38. The van der Waals surface area contributed by atoms with Crippen molar-refractivity contribution in [1.29, 1.82) is 4.35 Å². The third-order valence-electron chi connectivity index (χ3n) is 7.67. The average molecular weight is 1010 g/mol. The van der Waals surface area contributed by atoms with Gasteiger partial charge in [-0.25, -0.2) is 8.78 Å². The summed E-state index contributed by atoms with van der Waals surface area (Å²) in [4.78, 5) is 20.6. The number of nitrogens with one attached hydrogen (secondary N) is 1. The Labute approximate surface area is 350 Å². The van der Waals surface area contributed by atoms with E-state index in [0.717, 1.165) is 13.8 Å². The standard InChI is InChI=1S/C15H17F13O2.C10H9F13.C5H8O2.Al.B.HN/c1-7(6-30-8(2)29)3-9(12(17,18)19)4-10(13(20,21)22)5-11(16,14(23,24)25)15(26,27)28;1-4(7(12,13)14)2-5(8(15,16)17)3-6(11,9(18,19)20)10(21,22)23;1-3-4-7-5(2)6;;;/h7,9-10H,3-6H2,1-2H3;4-5H,2-3H2,1H3;3H,1,4H2,2H3;;;1H. The first-order valence-corrected chi connectivity index (χ1v) is 16.7. The molecule has 63 heavy (non-hydrogen) atoms. The molecule has 0 aromatic heterocycles. The van der Waals surface area contributed by atoms with Gasteiger partial charge in [-0.15, -0.1) is 0 Å². The van der Waals surface area contributed by atoms with Gasteiger partial charge in [0.25, 0.3) is 11.3 Å².